The normalized spacial score (nSPS) is 25.9. The number of ether oxygens (including phenoxy) is 2. The summed E-state index contributed by atoms with van der Waals surface area (Å²) < 4.78 is 9.33. The summed E-state index contributed by atoms with van der Waals surface area (Å²) in [5.74, 6) is -0.576. The average molecular weight is 215 g/mol. The number of rotatable bonds is 3. The van der Waals surface area contributed by atoms with Gasteiger partial charge in [0.2, 0.25) is 0 Å². The van der Waals surface area contributed by atoms with Gasteiger partial charge in [0, 0.05) is 6.04 Å². The van der Waals surface area contributed by atoms with E-state index in [0.717, 1.165) is 0 Å². The highest BCUT2D eigenvalue weighted by molar-refractivity contribution is 5.84. The number of hydrogen-bond donors (Lipinski definition) is 0. The van der Waals surface area contributed by atoms with Gasteiger partial charge in [-0.25, -0.2) is 0 Å². The van der Waals surface area contributed by atoms with E-state index in [1.54, 1.807) is 0 Å². The zero-order valence-corrected chi connectivity index (χ0v) is 9.52. The predicted molar refractivity (Wildman–Crippen MR) is 53.2 cm³/mol. The van der Waals surface area contributed by atoms with Crippen molar-refractivity contribution in [1.82, 2.24) is 4.90 Å². The molecule has 1 saturated heterocycles. The fourth-order valence-electron chi connectivity index (χ4n) is 1.96. The molecule has 0 saturated carbocycles. The molecule has 0 amide bonds. The highest BCUT2D eigenvalue weighted by atomic mass is 16.5. The molecule has 1 fully saturated rings. The molecule has 0 aromatic rings. The summed E-state index contributed by atoms with van der Waals surface area (Å²) in [5, 5.41) is 0. The van der Waals surface area contributed by atoms with E-state index in [4.69, 9.17) is 0 Å². The van der Waals surface area contributed by atoms with Crippen molar-refractivity contribution in [1.29, 1.82) is 0 Å². The Hall–Kier alpha value is -1.10. The first-order chi connectivity index (χ1) is 7.02. The largest absolute Gasteiger partial charge is 0.468 e. The second kappa shape index (κ2) is 4.61. The van der Waals surface area contributed by atoms with Gasteiger partial charge < -0.3 is 9.47 Å². The summed E-state index contributed by atoms with van der Waals surface area (Å²) in [6, 6.07) is -0.495. The van der Waals surface area contributed by atoms with Crippen LogP contribution in [-0.4, -0.2) is 49.2 Å². The van der Waals surface area contributed by atoms with Gasteiger partial charge in [0.1, 0.15) is 12.1 Å². The van der Waals surface area contributed by atoms with E-state index >= 15 is 0 Å². The third kappa shape index (κ3) is 2.12. The lowest BCUT2D eigenvalue weighted by Crippen LogP contribution is -2.65. The molecule has 0 aromatic heterocycles. The summed E-state index contributed by atoms with van der Waals surface area (Å²) in [4.78, 5) is 24.5. The van der Waals surface area contributed by atoms with Crippen LogP contribution in [-0.2, 0) is 19.1 Å². The van der Waals surface area contributed by atoms with Gasteiger partial charge in [-0.3, -0.25) is 14.5 Å². The average Bonchev–Trinajstić information content (AvgIpc) is 2.14. The Kier molecular flexibility index (Phi) is 3.68. The molecule has 5 nitrogen and oxygen atoms in total. The van der Waals surface area contributed by atoms with Crippen LogP contribution in [0.5, 0.6) is 0 Å². The van der Waals surface area contributed by atoms with Crippen molar-refractivity contribution >= 4 is 11.9 Å². The van der Waals surface area contributed by atoms with Crippen molar-refractivity contribution in [3.63, 3.8) is 0 Å². The summed E-state index contributed by atoms with van der Waals surface area (Å²) in [6.45, 7) is 3.87. The third-order valence-corrected chi connectivity index (χ3v) is 2.71. The molecule has 0 aromatic carbocycles. The quantitative estimate of drug-likeness (QED) is 0.629. The van der Waals surface area contributed by atoms with Crippen LogP contribution in [0.3, 0.4) is 0 Å². The lowest BCUT2D eigenvalue weighted by Gasteiger charge is -2.47. The molecule has 0 radical (unpaired) electrons. The maximum atomic E-state index is 11.3. The number of nitrogens with zero attached hydrogens (tertiary/aromatic N) is 1. The second-order valence-electron chi connectivity index (χ2n) is 3.85. The molecule has 1 aliphatic heterocycles. The van der Waals surface area contributed by atoms with Crippen LogP contribution in [0.25, 0.3) is 0 Å². The van der Waals surface area contributed by atoms with Crippen molar-refractivity contribution < 1.29 is 19.1 Å². The van der Waals surface area contributed by atoms with Crippen LogP contribution in [0.4, 0.5) is 0 Å². The van der Waals surface area contributed by atoms with Crippen LogP contribution in [0.1, 0.15) is 20.3 Å². The molecule has 0 spiro atoms. The van der Waals surface area contributed by atoms with Gasteiger partial charge in [-0.1, -0.05) is 0 Å². The van der Waals surface area contributed by atoms with E-state index in [2.05, 4.69) is 9.47 Å². The molecule has 86 valence electrons. The topological polar surface area (TPSA) is 55.8 Å². The van der Waals surface area contributed by atoms with Crippen molar-refractivity contribution in [2.45, 2.75) is 38.4 Å². The van der Waals surface area contributed by atoms with Crippen LogP contribution < -0.4 is 0 Å². The summed E-state index contributed by atoms with van der Waals surface area (Å²) in [7, 11) is 2.71. The minimum Gasteiger partial charge on any atom is -0.468 e. The number of hydrogen-bond acceptors (Lipinski definition) is 5. The molecule has 2 unspecified atom stereocenters. The highest BCUT2D eigenvalue weighted by Gasteiger charge is 2.49. The standard InChI is InChI=1S/C10H17NO4/c1-6(2)11-7(9(12)14-3)5-8(11)10(13)15-4/h6-8H,5H2,1-4H3. The van der Waals surface area contributed by atoms with Crippen LogP contribution in [0.15, 0.2) is 0 Å². The number of carbonyl (C=O) groups is 2. The summed E-state index contributed by atoms with van der Waals surface area (Å²) in [6.07, 6.45) is 0.484. The highest BCUT2D eigenvalue weighted by Crippen LogP contribution is 2.29. The Morgan fingerprint density at radius 1 is 1.13 bits per heavy atom. The minimum absolute atomic E-state index is 0.118. The number of methoxy groups -OCH3 is 2. The van der Waals surface area contributed by atoms with Gasteiger partial charge in [-0.2, -0.15) is 0 Å². The van der Waals surface area contributed by atoms with Crippen LogP contribution in [0.2, 0.25) is 0 Å². The van der Waals surface area contributed by atoms with Gasteiger partial charge >= 0.3 is 11.9 Å². The molecule has 1 heterocycles. The molecule has 0 bridgehead atoms. The fraction of sp³-hybridized carbons (Fsp3) is 0.800. The predicted octanol–water partition coefficient (Wildman–Crippen LogP) is 0.184. The minimum atomic E-state index is -0.306. The molecule has 0 N–H and O–H groups in total. The van der Waals surface area contributed by atoms with Crippen molar-refractivity contribution in [3.8, 4) is 0 Å². The van der Waals surface area contributed by atoms with E-state index < -0.39 is 0 Å². The maximum absolute atomic E-state index is 11.3. The Morgan fingerprint density at radius 2 is 1.53 bits per heavy atom. The lowest BCUT2D eigenvalue weighted by molar-refractivity contribution is -0.170. The second-order valence-corrected chi connectivity index (χ2v) is 3.85. The van der Waals surface area contributed by atoms with E-state index in [1.165, 1.54) is 14.2 Å². The zero-order chi connectivity index (χ0) is 11.6. The molecule has 1 aliphatic rings. The monoisotopic (exact) mass is 215 g/mol. The first-order valence-corrected chi connectivity index (χ1v) is 4.96. The van der Waals surface area contributed by atoms with Gasteiger partial charge in [0.25, 0.3) is 0 Å². The summed E-state index contributed by atoms with van der Waals surface area (Å²) in [5.41, 5.74) is 0. The third-order valence-electron chi connectivity index (χ3n) is 2.71. The molecule has 0 aliphatic carbocycles. The Balaban J connectivity index is 2.68. The molecule has 1 rings (SSSR count). The first-order valence-electron chi connectivity index (χ1n) is 4.96. The zero-order valence-electron chi connectivity index (χ0n) is 9.52. The SMILES string of the molecule is COC(=O)C1CC(C(=O)OC)N1C(C)C. The van der Waals surface area contributed by atoms with Gasteiger partial charge in [-0.15, -0.1) is 0 Å². The Bertz CT molecular complexity index is 242. The van der Waals surface area contributed by atoms with Gasteiger partial charge in [-0.05, 0) is 20.3 Å². The van der Waals surface area contributed by atoms with E-state index in [9.17, 15) is 9.59 Å². The molecule has 5 heteroatoms. The van der Waals surface area contributed by atoms with Crippen LogP contribution in [0, 0.1) is 0 Å². The molecule has 2 atom stereocenters. The number of carbonyl (C=O) groups excluding carboxylic acids is 2. The lowest BCUT2D eigenvalue weighted by atomic mass is 9.90. The Labute approximate surface area is 89.3 Å². The molecular formula is C10H17NO4. The van der Waals surface area contributed by atoms with E-state index in [0.29, 0.717) is 6.42 Å². The van der Waals surface area contributed by atoms with Gasteiger partial charge in [0.15, 0.2) is 0 Å². The smallest absolute Gasteiger partial charge is 0.323 e. The molecule has 15 heavy (non-hydrogen) atoms. The van der Waals surface area contributed by atoms with Gasteiger partial charge in [0.05, 0.1) is 14.2 Å². The van der Waals surface area contributed by atoms with E-state index in [1.807, 2.05) is 18.7 Å². The Morgan fingerprint density at radius 3 is 1.80 bits per heavy atom. The van der Waals surface area contributed by atoms with Crippen molar-refractivity contribution in [3.05, 3.63) is 0 Å². The summed E-state index contributed by atoms with van der Waals surface area (Å²) >= 11 is 0. The van der Waals surface area contributed by atoms with Crippen molar-refractivity contribution in [2.75, 3.05) is 14.2 Å². The van der Waals surface area contributed by atoms with E-state index in [-0.39, 0.29) is 30.1 Å². The first kappa shape index (κ1) is 12.0. The number of esters is 2. The van der Waals surface area contributed by atoms with Crippen LogP contribution >= 0.6 is 0 Å². The fourth-order valence-corrected chi connectivity index (χ4v) is 1.96. The maximum Gasteiger partial charge on any atom is 0.323 e. The van der Waals surface area contributed by atoms with Crippen molar-refractivity contribution in [2.24, 2.45) is 0 Å². The number of likely N-dealkylation sites (tertiary alicyclic amines) is 1. The molecular weight excluding hydrogens is 198 g/mol.